The molecule has 1 aliphatic rings. The van der Waals surface area contributed by atoms with Crippen molar-refractivity contribution in [3.05, 3.63) is 199 Å². The maximum atomic E-state index is 2.44. The molecule has 0 heterocycles. The van der Waals surface area contributed by atoms with Gasteiger partial charge in [-0.2, -0.15) is 0 Å². The van der Waals surface area contributed by atoms with E-state index in [0.29, 0.717) is 0 Å². The quantitative estimate of drug-likeness (QED) is 0.166. The van der Waals surface area contributed by atoms with Gasteiger partial charge in [0.25, 0.3) is 0 Å². The smallest absolute Gasteiger partial charge is 0.0468 e. The van der Waals surface area contributed by atoms with Gasteiger partial charge in [0.15, 0.2) is 0 Å². The molecule has 1 heteroatoms. The lowest BCUT2D eigenvalue weighted by Crippen LogP contribution is -2.16. The van der Waals surface area contributed by atoms with E-state index in [4.69, 9.17) is 0 Å². The van der Waals surface area contributed by atoms with Crippen molar-refractivity contribution in [2.24, 2.45) is 0 Å². The highest BCUT2D eigenvalue weighted by atomic mass is 15.1. The van der Waals surface area contributed by atoms with Crippen LogP contribution < -0.4 is 4.90 Å². The Balaban J connectivity index is 1.15. The summed E-state index contributed by atoms with van der Waals surface area (Å²) in [6.45, 7) is 4.72. The van der Waals surface area contributed by atoms with Gasteiger partial charge in [0.2, 0.25) is 0 Å². The van der Waals surface area contributed by atoms with Crippen molar-refractivity contribution in [1.82, 2.24) is 0 Å². The summed E-state index contributed by atoms with van der Waals surface area (Å²) >= 11 is 0. The molecule has 1 aliphatic carbocycles. The molecule has 1 nitrogen and oxygen atoms in total. The first-order valence-corrected chi connectivity index (χ1v) is 18.2. The third-order valence-electron chi connectivity index (χ3n) is 11.2. The molecule has 52 heavy (non-hydrogen) atoms. The minimum absolute atomic E-state index is 0.101. The van der Waals surface area contributed by atoms with Crippen molar-refractivity contribution in [3.8, 4) is 33.4 Å². The maximum Gasteiger partial charge on any atom is 0.0468 e. The van der Waals surface area contributed by atoms with Crippen molar-refractivity contribution in [2.75, 3.05) is 4.90 Å². The van der Waals surface area contributed by atoms with Crippen LogP contribution in [0, 0.1) is 0 Å². The van der Waals surface area contributed by atoms with Crippen LogP contribution in [-0.4, -0.2) is 0 Å². The molecule has 9 aromatic carbocycles. The highest BCUT2D eigenvalue weighted by Crippen LogP contribution is 2.51. The van der Waals surface area contributed by atoms with Crippen LogP contribution in [0.2, 0.25) is 0 Å². The molecule has 0 amide bonds. The Kier molecular flexibility index (Phi) is 6.91. The zero-order valence-corrected chi connectivity index (χ0v) is 29.3. The van der Waals surface area contributed by atoms with E-state index >= 15 is 0 Å². The Labute approximate surface area is 305 Å². The molecule has 10 rings (SSSR count). The van der Waals surface area contributed by atoms with Crippen molar-refractivity contribution < 1.29 is 0 Å². The van der Waals surface area contributed by atoms with Crippen LogP contribution in [0.25, 0.3) is 65.7 Å². The Morgan fingerprint density at radius 3 is 1.71 bits per heavy atom. The third kappa shape index (κ3) is 4.85. The molecule has 0 atom stereocenters. The summed E-state index contributed by atoms with van der Waals surface area (Å²) < 4.78 is 0. The van der Waals surface area contributed by atoms with E-state index in [-0.39, 0.29) is 5.41 Å². The number of benzene rings is 9. The van der Waals surface area contributed by atoms with Gasteiger partial charge in [-0.25, -0.2) is 0 Å². The van der Waals surface area contributed by atoms with Crippen molar-refractivity contribution in [3.63, 3.8) is 0 Å². The summed E-state index contributed by atoms with van der Waals surface area (Å²) in [5.74, 6) is 0. The molecule has 0 spiro atoms. The molecule has 0 bridgehead atoms. The number of hydrogen-bond acceptors (Lipinski definition) is 1. The molecular weight excluding hydrogens is 627 g/mol. The van der Waals surface area contributed by atoms with Crippen LogP contribution in [0.1, 0.15) is 25.0 Å². The molecule has 246 valence electrons. The van der Waals surface area contributed by atoms with Gasteiger partial charge in [-0.1, -0.05) is 166 Å². The van der Waals surface area contributed by atoms with Crippen LogP contribution in [0.4, 0.5) is 17.1 Å². The first-order chi connectivity index (χ1) is 25.5. The monoisotopic (exact) mass is 663 g/mol. The molecule has 0 radical (unpaired) electrons. The largest absolute Gasteiger partial charge is 0.310 e. The number of rotatable bonds is 5. The Bertz CT molecular complexity index is 2810. The lowest BCUT2D eigenvalue weighted by molar-refractivity contribution is 0.660. The maximum absolute atomic E-state index is 2.44. The van der Waals surface area contributed by atoms with E-state index in [2.05, 4.69) is 207 Å². The number of hydrogen-bond donors (Lipinski definition) is 0. The van der Waals surface area contributed by atoms with Crippen LogP contribution in [0.5, 0.6) is 0 Å². The van der Waals surface area contributed by atoms with Crippen LogP contribution >= 0.6 is 0 Å². The minimum Gasteiger partial charge on any atom is -0.310 e. The molecule has 0 saturated carbocycles. The predicted molar refractivity (Wildman–Crippen MR) is 222 cm³/mol. The van der Waals surface area contributed by atoms with E-state index in [1.165, 1.54) is 76.8 Å². The van der Waals surface area contributed by atoms with Gasteiger partial charge < -0.3 is 4.90 Å². The summed E-state index contributed by atoms with van der Waals surface area (Å²) in [6, 6.07) is 69.2. The number of anilines is 3. The fourth-order valence-corrected chi connectivity index (χ4v) is 8.53. The van der Waals surface area contributed by atoms with Crippen molar-refractivity contribution in [1.29, 1.82) is 0 Å². The molecular formula is C51H37N. The van der Waals surface area contributed by atoms with Gasteiger partial charge in [0, 0.05) is 22.5 Å². The van der Waals surface area contributed by atoms with Crippen LogP contribution in [-0.2, 0) is 5.41 Å². The fourth-order valence-electron chi connectivity index (χ4n) is 8.53. The Morgan fingerprint density at radius 2 is 0.885 bits per heavy atom. The average Bonchev–Trinajstić information content (AvgIpc) is 3.43. The van der Waals surface area contributed by atoms with Gasteiger partial charge in [-0.15, -0.1) is 0 Å². The minimum atomic E-state index is -0.101. The highest BCUT2D eigenvalue weighted by Gasteiger charge is 2.35. The standard InChI is InChI=1S/C51H37N/c1-51(2)49-18-9-8-17-46(49)47-30-27-42(33-50(47)51)52(40-15-10-14-39(31-40)36-21-19-35(20-22-36)34-11-4-3-5-12-34)41-26-23-38-25-28-44-43-16-7-6-13-37(43)24-29-45(44)48(38)32-41/h3-33H,1-2H3. The Hall–Kier alpha value is -6.44. The second-order valence-electron chi connectivity index (χ2n) is 14.6. The van der Waals surface area contributed by atoms with Crippen LogP contribution in [0.15, 0.2) is 188 Å². The van der Waals surface area contributed by atoms with Gasteiger partial charge in [-0.3, -0.25) is 0 Å². The number of nitrogens with zero attached hydrogens (tertiary/aromatic N) is 1. The molecule has 0 aromatic heterocycles. The van der Waals surface area contributed by atoms with Gasteiger partial charge in [0.05, 0.1) is 0 Å². The molecule has 0 N–H and O–H groups in total. The normalized spacial score (nSPS) is 13.0. The molecule has 0 aliphatic heterocycles. The zero-order chi connectivity index (χ0) is 34.8. The summed E-state index contributed by atoms with van der Waals surface area (Å²) in [6.07, 6.45) is 0. The zero-order valence-electron chi connectivity index (χ0n) is 29.3. The van der Waals surface area contributed by atoms with E-state index < -0.39 is 0 Å². The number of fused-ring (bicyclic) bond motifs is 8. The van der Waals surface area contributed by atoms with E-state index in [0.717, 1.165) is 17.1 Å². The van der Waals surface area contributed by atoms with Crippen molar-refractivity contribution >= 4 is 49.4 Å². The van der Waals surface area contributed by atoms with Crippen LogP contribution in [0.3, 0.4) is 0 Å². The van der Waals surface area contributed by atoms with Gasteiger partial charge in [-0.05, 0) is 113 Å². The highest BCUT2D eigenvalue weighted by molar-refractivity contribution is 6.17. The topological polar surface area (TPSA) is 3.24 Å². The summed E-state index contributed by atoms with van der Waals surface area (Å²) in [4.78, 5) is 2.44. The first-order valence-electron chi connectivity index (χ1n) is 18.2. The lowest BCUT2D eigenvalue weighted by atomic mass is 9.82. The van der Waals surface area contributed by atoms with Gasteiger partial charge >= 0.3 is 0 Å². The molecule has 9 aromatic rings. The molecule has 0 saturated heterocycles. The Morgan fingerprint density at radius 1 is 0.327 bits per heavy atom. The molecule has 0 fully saturated rings. The lowest BCUT2D eigenvalue weighted by Gasteiger charge is -2.29. The SMILES string of the molecule is CC1(C)c2ccccc2-c2ccc(N(c3cccc(-c4ccc(-c5ccccc5)cc4)c3)c3ccc4ccc5c6ccccc6ccc5c4c3)cc21. The predicted octanol–water partition coefficient (Wildman–Crippen LogP) is 14.3. The van der Waals surface area contributed by atoms with E-state index in [9.17, 15) is 0 Å². The summed E-state index contributed by atoms with van der Waals surface area (Å²) in [5.41, 5.74) is 13.6. The molecule has 0 unspecified atom stereocenters. The fraction of sp³-hybridized carbons (Fsp3) is 0.0588. The summed E-state index contributed by atoms with van der Waals surface area (Å²) in [5, 5.41) is 7.61. The third-order valence-corrected chi connectivity index (χ3v) is 11.2. The van der Waals surface area contributed by atoms with E-state index in [1.54, 1.807) is 0 Å². The summed E-state index contributed by atoms with van der Waals surface area (Å²) in [7, 11) is 0. The first kappa shape index (κ1) is 30.4. The second kappa shape index (κ2) is 11.8. The van der Waals surface area contributed by atoms with Gasteiger partial charge in [0.1, 0.15) is 0 Å². The van der Waals surface area contributed by atoms with Crippen molar-refractivity contribution in [2.45, 2.75) is 19.3 Å². The second-order valence-corrected chi connectivity index (χ2v) is 14.6. The van der Waals surface area contributed by atoms with E-state index in [1.807, 2.05) is 0 Å². The average molecular weight is 664 g/mol.